The van der Waals surface area contributed by atoms with Gasteiger partial charge >= 0.3 is 0 Å². The highest BCUT2D eigenvalue weighted by molar-refractivity contribution is 5.12. The largest absolute Gasteiger partial charge is 0.396 e. The number of hydrogen-bond acceptors (Lipinski definition) is 2. The molecule has 0 radical (unpaired) electrons. The van der Waals surface area contributed by atoms with E-state index in [1.807, 2.05) is 0 Å². The number of allylic oxidation sites excluding steroid dienone is 6. The maximum atomic E-state index is 8.85. The van der Waals surface area contributed by atoms with E-state index >= 15 is 0 Å². The van der Waals surface area contributed by atoms with E-state index in [1.54, 1.807) is 0 Å². The van der Waals surface area contributed by atoms with Gasteiger partial charge in [-0.3, -0.25) is 0 Å². The van der Waals surface area contributed by atoms with E-state index in [-0.39, 0.29) is 6.61 Å². The van der Waals surface area contributed by atoms with Crippen LogP contribution in [-0.4, -0.2) is 23.4 Å². The Balaban J connectivity index is 0.000000154. The normalized spacial score (nSPS) is 29.6. The van der Waals surface area contributed by atoms with Gasteiger partial charge in [0, 0.05) is 6.61 Å². The van der Waals surface area contributed by atoms with Crippen LogP contribution in [0.2, 0.25) is 0 Å². The summed E-state index contributed by atoms with van der Waals surface area (Å²) in [7, 11) is 0. The molecule has 3 unspecified atom stereocenters. The highest BCUT2D eigenvalue weighted by Gasteiger charge is 2.34. The zero-order valence-electron chi connectivity index (χ0n) is 10.9. The third-order valence-corrected chi connectivity index (χ3v) is 3.44. The Morgan fingerprint density at radius 1 is 1.11 bits per heavy atom. The summed E-state index contributed by atoms with van der Waals surface area (Å²) in [6.07, 6.45) is 18.1. The minimum atomic E-state index is 0.0833. The summed E-state index contributed by atoms with van der Waals surface area (Å²) >= 11 is 0. The molecule has 0 heterocycles. The van der Waals surface area contributed by atoms with E-state index in [0.29, 0.717) is 12.5 Å². The van der Waals surface area contributed by atoms with Gasteiger partial charge in [0.1, 0.15) is 0 Å². The van der Waals surface area contributed by atoms with E-state index in [4.69, 9.17) is 10.2 Å². The second-order valence-corrected chi connectivity index (χ2v) is 4.79. The third kappa shape index (κ3) is 5.03. The predicted molar refractivity (Wildman–Crippen MR) is 76.1 cm³/mol. The minimum Gasteiger partial charge on any atom is -0.396 e. The number of rotatable bonds is 2. The van der Waals surface area contributed by atoms with E-state index in [1.165, 1.54) is 18.9 Å². The van der Waals surface area contributed by atoms with Crippen LogP contribution in [0.5, 0.6) is 0 Å². The lowest BCUT2D eigenvalue weighted by Gasteiger charge is -2.13. The molecule has 0 amide bonds. The van der Waals surface area contributed by atoms with Gasteiger partial charge in [-0.2, -0.15) is 0 Å². The summed E-state index contributed by atoms with van der Waals surface area (Å²) in [5.41, 5.74) is 0. The Morgan fingerprint density at radius 3 is 2.00 bits per heavy atom. The first kappa shape index (κ1) is 14.9. The van der Waals surface area contributed by atoms with Crippen molar-refractivity contribution < 1.29 is 10.2 Å². The average Bonchev–Trinajstić information content (AvgIpc) is 3.16. The molecule has 18 heavy (non-hydrogen) atoms. The van der Waals surface area contributed by atoms with Crippen molar-refractivity contribution >= 4 is 0 Å². The number of hydrogen-bond donors (Lipinski definition) is 2. The molecule has 2 bridgehead atoms. The van der Waals surface area contributed by atoms with Crippen LogP contribution in [0.15, 0.2) is 49.1 Å². The zero-order chi connectivity index (χ0) is 13.2. The fourth-order valence-electron chi connectivity index (χ4n) is 2.50. The van der Waals surface area contributed by atoms with E-state index in [2.05, 4.69) is 43.0 Å². The third-order valence-electron chi connectivity index (χ3n) is 3.44. The first-order chi connectivity index (χ1) is 8.81. The molecule has 2 nitrogen and oxygen atoms in total. The second-order valence-electron chi connectivity index (χ2n) is 4.79. The maximum Gasteiger partial charge on any atom is 0.0609 e. The summed E-state index contributed by atoms with van der Waals surface area (Å²) in [5, 5.41) is 16.6. The zero-order valence-corrected chi connectivity index (χ0v) is 10.9. The van der Waals surface area contributed by atoms with Gasteiger partial charge in [0.25, 0.3) is 0 Å². The van der Waals surface area contributed by atoms with Crippen molar-refractivity contribution in [1.29, 1.82) is 0 Å². The lowest BCUT2D eigenvalue weighted by atomic mass is 9.95. The number of fused-ring (bicyclic) bond motifs is 2. The summed E-state index contributed by atoms with van der Waals surface area (Å²) in [6.45, 7) is 3.71. The van der Waals surface area contributed by atoms with Crippen LogP contribution in [0.25, 0.3) is 0 Å². The molecule has 3 rings (SSSR count). The van der Waals surface area contributed by atoms with E-state index in [9.17, 15) is 0 Å². The molecule has 1 saturated carbocycles. The van der Waals surface area contributed by atoms with Crippen LogP contribution < -0.4 is 0 Å². The van der Waals surface area contributed by atoms with Gasteiger partial charge in [-0.25, -0.2) is 0 Å². The first-order valence-corrected chi connectivity index (χ1v) is 6.64. The van der Waals surface area contributed by atoms with E-state index < -0.39 is 0 Å². The van der Waals surface area contributed by atoms with Crippen LogP contribution in [0.3, 0.4) is 0 Å². The smallest absolute Gasteiger partial charge is 0.0609 e. The van der Waals surface area contributed by atoms with Gasteiger partial charge in [-0.15, -0.1) is 6.58 Å². The summed E-state index contributed by atoms with van der Waals surface area (Å²) in [5.74, 6) is 2.13. The highest BCUT2D eigenvalue weighted by atomic mass is 16.3. The van der Waals surface area contributed by atoms with E-state index in [0.717, 1.165) is 18.3 Å². The molecule has 3 aliphatic carbocycles. The maximum absolute atomic E-state index is 8.85. The van der Waals surface area contributed by atoms with Crippen LogP contribution >= 0.6 is 0 Å². The molecule has 100 valence electrons. The van der Waals surface area contributed by atoms with Crippen molar-refractivity contribution in [2.75, 3.05) is 13.2 Å². The molecule has 3 aliphatic rings. The molecule has 2 heteroatoms. The molecule has 1 fully saturated rings. The standard InChI is InChI=1S/C8H12O.C5H6.C3H6O/c9-5-8-4-6-1-2-7(8)3-6;1-2-4-5-3-1;1-2-3-4/h1-2,6-9H,3-5H2;1-4H,5H2;2,4H,1,3H2. The van der Waals surface area contributed by atoms with Crippen molar-refractivity contribution in [3.05, 3.63) is 49.1 Å². The fraction of sp³-hybridized carbons (Fsp3) is 0.500. The molecule has 0 saturated heterocycles. The lowest BCUT2D eigenvalue weighted by molar-refractivity contribution is 0.207. The van der Waals surface area contributed by atoms with Crippen molar-refractivity contribution in [3.8, 4) is 0 Å². The van der Waals surface area contributed by atoms with Crippen LogP contribution in [0.4, 0.5) is 0 Å². The molecule has 2 N–H and O–H groups in total. The molecule has 0 aromatic rings. The fourth-order valence-corrected chi connectivity index (χ4v) is 2.50. The molecule has 3 atom stereocenters. The van der Waals surface area contributed by atoms with Crippen molar-refractivity contribution in [2.45, 2.75) is 19.3 Å². The molecule has 0 aliphatic heterocycles. The minimum absolute atomic E-state index is 0.0833. The Kier molecular flexibility index (Phi) is 7.38. The topological polar surface area (TPSA) is 40.5 Å². The predicted octanol–water partition coefficient (Wildman–Crippen LogP) is 2.86. The van der Waals surface area contributed by atoms with Gasteiger partial charge in [-0.1, -0.05) is 42.5 Å². The van der Waals surface area contributed by atoms with Gasteiger partial charge in [-0.05, 0) is 37.0 Å². The van der Waals surface area contributed by atoms with Crippen molar-refractivity contribution in [2.24, 2.45) is 17.8 Å². The summed E-state index contributed by atoms with van der Waals surface area (Å²) in [6, 6.07) is 0. The first-order valence-electron chi connectivity index (χ1n) is 6.64. The Hall–Kier alpha value is -1.12. The van der Waals surface area contributed by atoms with Crippen molar-refractivity contribution in [1.82, 2.24) is 0 Å². The van der Waals surface area contributed by atoms with Gasteiger partial charge in [0.05, 0.1) is 6.61 Å². The van der Waals surface area contributed by atoms with Gasteiger partial charge in [0.15, 0.2) is 0 Å². The molecular weight excluding hydrogens is 224 g/mol. The van der Waals surface area contributed by atoms with Gasteiger partial charge < -0.3 is 10.2 Å². The van der Waals surface area contributed by atoms with Crippen LogP contribution in [0.1, 0.15) is 19.3 Å². The highest BCUT2D eigenvalue weighted by Crippen LogP contribution is 2.42. The SMILES string of the molecule is C1=CCC=C1.C=CCO.OCC1CC2C=CC1C2. The Bertz CT molecular complexity index is 305. The number of aliphatic hydroxyl groups is 2. The van der Waals surface area contributed by atoms with Crippen LogP contribution in [-0.2, 0) is 0 Å². The quantitative estimate of drug-likeness (QED) is 0.738. The molecular formula is C16H24O2. The number of aliphatic hydroxyl groups excluding tert-OH is 2. The monoisotopic (exact) mass is 248 g/mol. The van der Waals surface area contributed by atoms with Crippen LogP contribution in [0, 0.1) is 17.8 Å². The molecule has 0 aromatic carbocycles. The van der Waals surface area contributed by atoms with Gasteiger partial charge in [0.2, 0.25) is 0 Å². The second kappa shape index (κ2) is 8.90. The Labute approximate surface area is 110 Å². The molecule has 0 aromatic heterocycles. The Morgan fingerprint density at radius 2 is 1.78 bits per heavy atom. The summed E-state index contributed by atoms with van der Waals surface area (Å²) < 4.78 is 0. The lowest BCUT2D eigenvalue weighted by Crippen LogP contribution is -2.10. The van der Waals surface area contributed by atoms with Crippen molar-refractivity contribution in [3.63, 3.8) is 0 Å². The molecule has 0 spiro atoms. The average molecular weight is 248 g/mol. The summed E-state index contributed by atoms with van der Waals surface area (Å²) in [4.78, 5) is 0.